The van der Waals surface area contributed by atoms with E-state index in [4.69, 9.17) is 13.9 Å². The summed E-state index contributed by atoms with van der Waals surface area (Å²) in [6, 6.07) is 19.0. The quantitative estimate of drug-likeness (QED) is 0.363. The third-order valence-corrected chi connectivity index (χ3v) is 6.46. The van der Waals surface area contributed by atoms with Crippen LogP contribution in [0, 0.1) is 0 Å². The normalized spacial score (nSPS) is 16.0. The predicted octanol–water partition coefficient (Wildman–Crippen LogP) is 4.23. The summed E-state index contributed by atoms with van der Waals surface area (Å²) in [5.74, 6) is 3.05. The van der Waals surface area contributed by atoms with E-state index in [-0.39, 0.29) is 12.2 Å². The Kier molecular flexibility index (Phi) is 4.58. The van der Waals surface area contributed by atoms with E-state index in [1.807, 2.05) is 60.7 Å². The maximum absolute atomic E-state index is 12.9. The number of halogens is 1. The van der Waals surface area contributed by atoms with Crippen molar-refractivity contribution in [3.63, 3.8) is 0 Å². The Labute approximate surface area is 193 Å². The monoisotopic (exact) mass is 507 g/mol. The Balaban J connectivity index is 1.30. The highest BCUT2D eigenvalue weighted by molar-refractivity contribution is 9.10. The van der Waals surface area contributed by atoms with Gasteiger partial charge >= 0.3 is 0 Å². The van der Waals surface area contributed by atoms with Gasteiger partial charge in [0.1, 0.15) is 22.7 Å². The summed E-state index contributed by atoms with van der Waals surface area (Å²) in [6.07, 6.45) is 1.24. The summed E-state index contributed by atoms with van der Waals surface area (Å²) in [6.45, 7) is 0.285. The van der Waals surface area contributed by atoms with Gasteiger partial charge in [-0.3, -0.25) is 4.79 Å². The molecule has 0 radical (unpaired) electrons. The largest absolute Gasteiger partial charge is 0.485 e. The van der Waals surface area contributed by atoms with Crippen LogP contribution in [0.5, 0.6) is 11.5 Å². The molecule has 0 amide bonds. The maximum atomic E-state index is 12.9. The van der Waals surface area contributed by atoms with Crippen molar-refractivity contribution in [2.45, 2.75) is 6.10 Å². The van der Waals surface area contributed by atoms with Crippen molar-refractivity contribution < 1.29 is 13.9 Å². The van der Waals surface area contributed by atoms with Gasteiger partial charge in [0.2, 0.25) is 4.96 Å². The van der Waals surface area contributed by atoms with E-state index < -0.39 is 6.10 Å². The fourth-order valence-electron chi connectivity index (χ4n) is 3.49. The average molecular weight is 508 g/mol. The van der Waals surface area contributed by atoms with E-state index in [9.17, 15) is 4.79 Å². The molecule has 0 N–H and O–H groups in total. The van der Waals surface area contributed by atoms with Crippen LogP contribution in [-0.4, -0.2) is 21.2 Å². The molecule has 2 aromatic carbocycles. The number of fused-ring (bicyclic) bond motifs is 2. The molecule has 32 heavy (non-hydrogen) atoms. The molecule has 1 aliphatic rings. The molecule has 0 spiro atoms. The lowest BCUT2D eigenvalue weighted by atomic mass is 10.2. The van der Waals surface area contributed by atoms with Gasteiger partial charge in [-0.25, -0.2) is 0 Å². The number of furan rings is 1. The number of benzene rings is 2. The van der Waals surface area contributed by atoms with Crippen molar-refractivity contribution in [1.29, 1.82) is 0 Å². The SMILES string of the molecule is O=c1/c(=C\c2ccc(-c3cccc(Br)c3)o2)sc2nc([C@H]3COc4ccccc4O3)nn12. The molecule has 4 heterocycles. The first-order valence-electron chi connectivity index (χ1n) is 9.79. The minimum absolute atomic E-state index is 0.249. The molecule has 9 heteroatoms. The lowest BCUT2D eigenvalue weighted by Crippen LogP contribution is -2.26. The molecular weight excluding hydrogens is 494 g/mol. The first-order chi connectivity index (χ1) is 15.6. The van der Waals surface area contributed by atoms with Crippen LogP contribution in [-0.2, 0) is 0 Å². The van der Waals surface area contributed by atoms with Crippen molar-refractivity contribution in [2.24, 2.45) is 0 Å². The molecule has 1 atom stereocenters. The number of hydrogen-bond acceptors (Lipinski definition) is 7. The zero-order valence-electron chi connectivity index (χ0n) is 16.4. The van der Waals surface area contributed by atoms with E-state index in [0.29, 0.717) is 32.6 Å². The van der Waals surface area contributed by atoms with Gasteiger partial charge in [0, 0.05) is 16.1 Å². The smallest absolute Gasteiger partial charge is 0.291 e. The molecule has 0 saturated carbocycles. The Bertz CT molecular complexity index is 1570. The lowest BCUT2D eigenvalue weighted by molar-refractivity contribution is 0.0852. The van der Waals surface area contributed by atoms with Gasteiger partial charge in [-0.15, -0.1) is 5.10 Å². The van der Waals surface area contributed by atoms with Gasteiger partial charge in [-0.1, -0.05) is 51.5 Å². The molecular formula is C23H14BrN3O4S. The molecule has 6 rings (SSSR count). The topological polar surface area (TPSA) is 78.9 Å². The summed E-state index contributed by atoms with van der Waals surface area (Å²) in [7, 11) is 0. The Morgan fingerprint density at radius 1 is 1.09 bits per heavy atom. The number of aromatic nitrogens is 3. The molecule has 0 saturated heterocycles. The van der Waals surface area contributed by atoms with E-state index in [2.05, 4.69) is 26.0 Å². The molecule has 7 nitrogen and oxygen atoms in total. The van der Waals surface area contributed by atoms with Crippen molar-refractivity contribution in [2.75, 3.05) is 6.61 Å². The van der Waals surface area contributed by atoms with E-state index in [1.54, 1.807) is 6.08 Å². The molecule has 1 aliphatic heterocycles. The summed E-state index contributed by atoms with van der Waals surface area (Å²) in [5, 5.41) is 4.38. The third-order valence-electron chi connectivity index (χ3n) is 5.00. The van der Waals surface area contributed by atoms with E-state index in [1.165, 1.54) is 15.9 Å². The van der Waals surface area contributed by atoms with Gasteiger partial charge < -0.3 is 13.9 Å². The first kappa shape index (κ1) is 19.3. The summed E-state index contributed by atoms with van der Waals surface area (Å²) >= 11 is 4.72. The van der Waals surface area contributed by atoms with Crippen LogP contribution in [0.2, 0.25) is 0 Å². The summed E-state index contributed by atoms with van der Waals surface area (Å²) < 4.78 is 20.4. The van der Waals surface area contributed by atoms with Crippen LogP contribution in [0.1, 0.15) is 17.7 Å². The third kappa shape index (κ3) is 3.39. The van der Waals surface area contributed by atoms with E-state index in [0.717, 1.165) is 15.8 Å². The van der Waals surface area contributed by atoms with Crippen molar-refractivity contribution in [1.82, 2.24) is 14.6 Å². The molecule has 158 valence electrons. The summed E-state index contributed by atoms with van der Waals surface area (Å²) in [4.78, 5) is 17.9. The second-order valence-electron chi connectivity index (χ2n) is 7.16. The fraction of sp³-hybridized carbons (Fsp3) is 0.0870. The standard InChI is InChI=1S/C23H14BrN3O4S/c24-14-5-3-4-13(10-14)16-9-8-15(30-16)11-20-22(28)27-23(32-20)25-21(26-27)19-12-29-17-6-1-2-7-18(17)31-19/h1-11,19H,12H2/b20-11+/t19-/m1/s1. The number of thiazole rings is 1. The minimum Gasteiger partial charge on any atom is -0.485 e. The van der Waals surface area contributed by atoms with Crippen molar-refractivity contribution in [3.05, 3.63) is 91.6 Å². The van der Waals surface area contributed by atoms with E-state index >= 15 is 0 Å². The second kappa shape index (κ2) is 7.61. The number of para-hydroxylation sites is 2. The molecule has 0 fully saturated rings. The van der Waals surface area contributed by atoms with Gasteiger partial charge in [0.25, 0.3) is 5.56 Å². The van der Waals surface area contributed by atoms with Crippen molar-refractivity contribution in [3.8, 4) is 22.8 Å². The van der Waals surface area contributed by atoms with Gasteiger partial charge in [0.15, 0.2) is 23.4 Å². The number of nitrogens with zero attached hydrogens (tertiary/aromatic N) is 3. The van der Waals surface area contributed by atoms with Crippen LogP contribution in [0.3, 0.4) is 0 Å². The molecule has 5 aromatic rings. The van der Waals surface area contributed by atoms with Crippen LogP contribution in [0.4, 0.5) is 0 Å². The highest BCUT2D eigenvalue weighted by atomic mass is 79.9. The van der Waals surface area contributed by atoms with Crippen molar-refractivity contribution >= 4 is 38.3 Å². The van der Waals surface area contributed by atoms with Gasteiger partial charge in [-0.2, -0.15) is 9.50 Å². The second-order valence-corrected chi connectivity index (χ2v) is 9.08. The number of ether oxygens (including phenoxy) is 2. The van der Waals surface area contributed by atoms with Crippen LogP contribution < -0.4 is 19.6 Å². The molecule has 3 aromatic heterocycles. The number of rotatable bonds is 3. The maximum Gasteiger partial charge on any atom is 0.291 e. The van der Waals surface area contributed by atoms with Gasteiger partial charge in [-0.05, 0) is 36.4 Å². The Hall–Kier alpha value is -3.43. The molecule has 0 unspecified atom stereocenters. The molecule has 0 aliphatic carbocycles. The fourth-order valence-corrected chi connectivity index (χ4v) is 4.78. The average Bonchev–Trinajstić information content (AvgIpc) is 3.51. The highest BCUT2D eigenvalue weighted by Crippen LogP contribution is 2.35. The zero-order valence-corrected chi connectivity index (χ0v) is 18.8. The van der Waals surface area contributed by atoms with Crippen LogP contribution in [0.15, 0.2) is 74.3 Å². The first-order valence-corrected chi connectivity index (χ1v) is 11.4. The van der Waals surface area contributed by atoms with Crippen LogP contribution in [0.25, 0.3) is 22.4 Å². The molecule has 0 bridgehead atoms. The Morgan fingerprint density at radius 3 is 2.81 bits per heavy atom. The zero-order chi connectivity index (χ0) is 21.7. The Morgan fingerprint density at radius 2 is 1.97 bits per heavy atom. The van der Waals surface area contributed by atoms with Gasteiger partial charge in [0.05, 0.1) is 0 Å². The minimum atomic E-state index is -0.471. The lowest BCUT2D eigenvalue weighted by Gasteiger charge is -2.24. The highest BCUT2D eigenvalue weighted by Gasteiger charge is 2.27. The number of hydrogen-bond donors (Lipinski definition) is 0. The predicted molar refractivity (Wildman–Crippen MR) is 123 cm³/mol. The summed E-state index contributed by atoms with van der Waals surface area (Å²) in [5.41, 5.74) is 0.700. The van der Waals surface area contributed by atoms with Crippen LogP contribution >= 0.6 is 27.3 Å².